The van der Waals surface area contributed by atoms with Crippen LogP contribution in [0.3, 0.4) is 0 Å². The molecule has 16 heavy (non-hydrogen) atoms. The molecule has 0 aliphatic rings. The summed E-state index contributed by atoms with van der Waals surface area (Å²) in [5, 5.41) is 17.1. The summed E-state index contributed by atoms with van der Waals surface area (Å²) in [6.07, 6.45) is 2.93. The molecule has 0 radical (unpaired) electrons. The SMILES string of the molecule is CC(NCC(O)c1ccsc1)c1ccoc1. The largest absolute Gasteiger partial charge is 0.472 e. The van der Waals surface area contributed by atoms with E-state index in [1.165, 1.54) is 0 Å². The van der Waals surface area contributed by atoms with Crippen molar-refractivity contribution < 1.29 is 9.52 Å². The number of hydrogen-bond donors (Lipinski definition) is 2. The van der Waals surface area contributed by atoms with E-state index in [-0.39, 0.29) is 6.04 Å². The molecule has 2 rings (SSSR count). The first-order valence-electron chi connectivity index (χ1n) is 5.23. The van der Waals surface area contributed by atoms with Gasteiger partial charge < -0.3 is 14.8 Å². The Morgan fingerprint density at radius 3 is 2.94 bits per heavy atom. The third kappa shape index (κ3) is 2.72. The first-order chi connectivity index (χ1) is 7.77. The van der Waals surface area contributed by atoms with E-state index in [4.69, 9.17) is 4.42 Å². The van der Waals surface area contributed by atoms with Gasteiger partial charge in [0.25, 0.3) is 0 Å². The van der Waals surface area contributed by atoms with Gasteiger partial charge >= 0.3 is 0 Å². The average Bonchev–Trinajstić information content (AvgIpc) is 2.95. The smallest absolute Gasteiger partial charge is 0.0950 e. The molecule has 0 aliphatic heterocycles. The summed E-state index contributed by atoms with van der Waals surface area (Å²) >= 11 is 1.60. The van der Waals surface area contributed by atoms with Crippen LogP contribution in [0, 0.1) is 0 Å². The molecule has 0 fully saturated rings. The van der Waals surface area contributed by atoms with Crippen molar-refractivity contribution in [3.8, 4) is 0 Å². The van der Waals surface area contributed by atoms with Crippen molar-refractivity contribution in [2.45, 2.75) is 19.1 Å². The quantitative estimate of drug-likeness (QED) is 0.840. The summed E-state index contributed by atoms with van der Waals surface area (Å²) in [5.41, 5.74) is 2.06. The van der Waals surface area contributed by atoms with Crippen LogP contribution in [0.2, 0.25) is 0 Å². The van der Waals surface area contributed by atoms with Gasteiger partial charge in [0.1, 0.15) is 0 Å². The molecule has 2 aromatic heterocycles. The lowest BCUT2D eigenvalue weighted by molar-refractivity contribution is 0.171. The number of thiophene rings is 1. The van der Waals surface area contributed by atoms with Gasteiger partial charge in [-0.3, -0.25) is 0 Å². The van der Waals surface area contributed by atoms with Gasteiger partial charge in [-0.25, -0.2) is 0 Å². The monoisotopic (exact) mass is 237 g/mol. The van der Waals surface area contributed by atoms with E-state index < -0.39 is 6.10 Å². The predicted octanol–water partition coefficient (Wildman–Crippen LogP) is 2.73. The molecule has 0 bridgehead atoms. The van der Waals surface area contributed by atoms with Crippen LogP contribution in [0.15, 0.2) is 39.8 Å². The normalized spacial score (nSPS) is 14.9. The van der Waals surface area contributed by atoms with Gasteiger partial charge in [-0.05, 0) is 35.4 Å². The molecule has 3 nitrogen and oxygen atoms in total. The summed E-state index contributed by atoms with van der Waals surface area (Å²) < 4.78 is 5.01. The molecule has 2 heterocycles. The molecular weight excluding hydrogens is 222 g/mol. The summed E-state index contributed by atoms with van der Waals surface area (Å²) in [6, 6.07) is 4.06. The Morgan fingerprint density at radius 2 is 2.31 bits per heavy atom. The van der Waals surface area contributed by atoms with Crippen molar-refractivity contribution in [1.82, 2.24) is 5.32 Å². The van der Waals surface area contributed by atoms with Crippen molar-refractivity contribution in [3.05, 3.63) is 46.5 Å². The minimum atomic E-state index is -0.444. The fraction of sp³-hybridized carbons (Fsp3) is 0.333. The van der Waals surface area contributed by atoms with E-state index in [0.29, 0.717) is 6.54 Å². The fourth-order valence-corrected chi connectivity index (χ4v) is 2.22. The van der Waals surface area contributed by atoms with E-state index in [1.54, 1.807) is 23.9 Å². The Labute approximate surface area is 98.7 Å². The highest BCUT2D eigenvalue weighted by Crippen LogP contribution is 2.17. The van der Waals surface area contributed by atoms with E-state index in [2.05, 4.69) is 5.32 Å². The first kappa shape index (κ1) is 11.4. The number of nitrogens with one attached hydrogen (secondary N) is 1. The molecular formula is C12H15NO2S. The molecule has 0 spiro atoms. The Balaban J connectivity index is 1.84. The van der Waals surface area contributed by atoms with Gasteiger partial charge in [-0.1, -0.05) is 0 Å². The second kappa shape index (κ2) is 5.30. The average molecular weight is 237 g/mol. The number of rotatable bonds is 5. The minimum absolute atomic E-state index is 0.187. The van der Waals surface area contributed by atoms with Crippen molar-refractivity contribution >= 4 is 11.3 Å². The van der Waals surface area contributed by atoms with Gasteiger partial charge in [0.15, 0.2) is 0 Å². The highest BCUT2D eigenvalue weighted by molar-refractivity contribution is 7.07. The van der Waals surface area contributed by atoms with Crippen molar-refractivity contribution in [2.24, 2.45) is 0 Å². The third-order valence-corrected chi connectivity index (χ3v) is 3.29. The van der Waals surface area contributed by atoms with Gasteiger partial charge in [0.2, 0.25) is 0 Å². The van der Waals surface area contributed by atoms with E-state index in [1.807, 2.05) is 29.8 Å². The zero-order valence-corrected chi connectivity index (χ0v) is 9.91. The molecule has 2 unspecified atom stereocenters. The Kier molecular flexibility index (Phi) is 3.77. The van der Waals surface area contributed by atoms with Crippen LogP contribution in [-0.4, -0.2) is 11.7 Å². The van der Waals surface area contributed by atoms with Crippen LogP contribution in [0.25, 0.3) is 0 Å². The molecule has 0 aliphatic carbocycles. The molecule has 2 N–H and O–H groups in total. The zero-order valence-electron chi connectivity index (χ0n) is 9.09. The van der Waals surface area contributed by atoms with Crippen LogP contribution >= 0.6 is 11.3 Å². The van der Waals surface area contributed by atoms with Crippen LogP contribution in [0.1, 0.15) is 30.2 Å². The number of aliphatic hydroxyl groups is 1. The van der Waals surface area contributed by atoms with Crippen LogP contribution in [0.4, 0.5) is 0 Å². The molecule has 0 saturated heterocycles. The number of aliphatic hydroxyl groups excluding tert-OH is 1. The van der Waals surface area contributed by atoms with Gasteiger partial charge in [0, 0.05) is 18.2 Å². The maximum absolute atomic E-state index is 9.88. The van der Waals surface area contributed by atoms with Crippen LogP contribution in [0.5, 0.6) is 0 Å². The van der Waals surface area contributed by atoms with Gasteiger partial charge in [0.05, 0.1) is 18.6 Å². The maximum Gasteiger partial charge on any atom is 0.0950 e. The van der Waals surface area contributed by atoms with E-state index >= 15 is 0 Å². The lowest BCUT2D eigenvalue weighted by atomic mass is 10.1. The summed E-state index contributed by atoms with van der Waals surface area (Å²) in [4.78, 5) is 0. The second-order valence-corrected chi connectivity index (χ2v) is 4.54. The van der Waals surface area contributed by atoms with Crippen molar-refractivity contribution in [1.29, 1.82) is 0 Å². The lowest BCUT2D eigenvalue weighted by Gasteiger charge is -2.15. The molecule has 2 aromatic rings. The topological polar surface area (TPSA) is 45.4 Å². The maximum atomic E-state index is 9.88. The molecule has 86 valence electrons. The van der Waals surface area contributed by atoms with Crippen LogP contribution < -0.4 is 5.32 Å². The highest BCUT2D eigenvalue weighted by atomic mass is 32.1. The van der Waals surface area contributed by atoms with Gasteiger partial charge in [-0.15, -0.1) is 0 Å². The van der Waals surface area contributed by atoms with Crippen LogP contribution in [-0.2, 0) is 0 Å². The van der Waals surface area contributed by atoms with Gasteiger partial charge in [-0.2, -0.15) is 11.3 Å². The highest BCUT2D eigenvalue weighted by Gasteiger charge is 2.11. The second-order valence-electron chi connectivity index (χ2n) is 3.76. The first-order valence-corrected chi connectivity index (χ1v) is 6.17. The fourth-order valence-electron chi connectivity index (χ4n) is 1.51. The predicted molar refractivity (Wildman–Crippen MR) is 64.4 cm³/mol. The summed E-state index contributed by atoms with van der Waals surface area (Å²) in [6.45, 7) is 2.59. The summed E-state index contributed by atoms with van der Waals surface area (Å²) in [5.74, 6) is 0. The summed E-state index contributed by atoms with van der Waals surface area (Å²) in [7, 11) is 0. The minimum Gasteiger partial charge on any atom is -0.472 e. The molecule has 0 saturated carbocycles. The number of hydrogen-bond acceptors (Lipinski definition) is 4. The number of furan rings is 1. The molecule has 0 amide bonds. The molecule has 0 aromatic carbocycles. The molecule has 2 atom stereocenters. The Morgan fingerprint density at radius 1 is 1.44 bits per heavy atom. The zero-order chi connectivity index (χ0) is 11.4. The van der Waals surface area contributed by atoms with E-state index in [0.717, 1.165) is 11.1 Å². The lowest BCUT2D eigenvalue weighted by Crippen LogP contribution is -2.24. The Bertz CT molecular complexity index is 356. The standard InChI is InChI=1S/C12H15NO2S/c1-9(10-2-4-15-7-10)13-6-12(14)11-3-5-16-8-11/h2-5,7-9,12-14H,6H2,1H3. The van der Waals surface area contributed by atoms with Crippen molar-refractivity contribution in [2.75, 3.05) is 6.54 Å². The Hall–Kier alpha value is -1.10. The van der Waals surface area contributed by atoms with Crippen molar-refractivity contribution in [3.63, 3.8) is 0 Å². The van der Waals surface area contributed by atoms with E-state index in [9.17, 15) is 5.11 Å². The molecule has 4 heteroatoms. The third-order valence-electron chi connectivity index (χ3n) is 2.59.